The molecule has 1 saturated heterocycles. The summed E-state index contributed by atoms with van der Waals surface area (Å²) in [6, 6.07) is 7.62. The number of carbonyl (C=O) groups is 1. The van der Waals surface area contributed by atoms with E-state index in [1.54, 1.807) is 34.8 Å². The van der Waals surface area contributed by atoms with Crippen LogP contribution in [0.4, 0.5) is 0 Å². The summed E-state index contributed by atoms with van der Waals surface area (Å²) in [7, 11) is 0. The normalized spacial score (nSPS) is 15.1. The van der Waals surface area contributed by atoms with Crippen LogP contribution >= 0.6 is 35.1 Å². The van der Waals surface area contributed by atoms with E-state index in [0.717, 1.165) is 43.4 Å². The lowest BCUT2D eigenvalue weighted by molar-refractivity contribution is 0.0598. The number of carbonyl (C=O) groups excluding carboxylic acids is 1. The van der Waals surface area contributed by atoms with Crippen molar-refractivity contribution >= 4 is 41.0 Å². The van der Waals surface area contributed by atoms with Gasteiger partial charge in [0.25, 0.3) is 5.91 Å². The van der Waals surface area contributed by atoms with Crippen LogP contribution in [0.25, 0.3) is 10.6 Å². The van der Waals surface area contributed by atoms with E-state index >= 15 is 0 Å². The number of rotatable bonds is 4. The standard InChI is InChI=1S/C17H17N3O2S2.ClH/c21-17(14-3-1-9-22-14)20-7-5-19(6-8-20)11-16-18-13(12-24-16)15-4-2-10-23-15;/h1-4,9-10,12H,5-8,11H2;1H. The van der Waals surface area contributed by atoms with Gasteiger partial charge in [-0.15, -0.1) is 35.1 Å². The fourth-order valence-corrected chi connectivity index (χ4v) is 4.37. The van der Waals surface area contributed by atoms with Crippen molar-refractivity contribution in [1.29, 1.82) is 0 Å². The minimum Gasteiger partial charge on any atom is -0.459 e. The molecule has 0 aliphatic carbocycles. The van der Waals surface area contributed by atoms with E-state index in [4.69, 9.17) is 9.40 Å². The minimum atomic E-state index is -0.0196. The smallest absolute Gasteiger partial charge is 0.289 e. The Labute approximate surface area is 160 Å². The van der Waals surface area contributed by atoms with E-state index in [0.29, 0.717) is 5.76 Å². The topological polar surface area (TPSA) is 49.6 Å². The number of piperazine rings is 1. The quantitative estimate of drug-likeness (QED) is 0.673. The molecule has 0 spiro atoms. The summed E-state index contributed by atoms with van der Waals surface area (Å²) in [6.45, 7) is 4.02. The van der Waals surface area contributed by atoms with Crippen LogP contribution in [-0.2, 0) is 6.54 Å². The molecule has 0 radical (unpaired) electrons. The highest BCUT2D eigenvalue weighted by molar-refractivity contribution is 7.14. The van der Waals surface area contributed by atoms with E-state index < -0.39 is 0 Å². The maximum Gasteiger partial charge on any atom is 0.289 e. The third-order valence-corrected chi connectivity index (χ3v) is 5.80. The molecule has 0 unspecified atom stereocenters. The second kappa shape index (κ2) is 8.14. The summed E-state index contributed by atoms with van der Waals surface area (Å²) in [6.07, 6.45) is 1.54. The molecule has 5 nitrogen and oxygen atoms in total. The number of aromatic nitrogens is 1. The maximum absolute atomic E-state index is 12.3. The molecule has 1 amide bonds. The van der Waals surface area contributed by atoms with Crippen molar-refractivity contribution in [2.45, 2.75) is 6.54 Å². The first-order chi connectivity index (χ1) is 11.8. The Morgan fingerprint density at radius 3 is 2.68 bits per heavy atom. The molecule has 0 N–H and O–H groups in total. The van der Waals surface area contributed by atoms with Gasteiger partial charge >= 0.3 is 0 Å². The first-order valence-electron chi connectivity index (χ1n) is 7.83. The predicted octanol–water partition coefficient (Wildman–Crippen LogP) is 3.84. The zero-order chi connectivity index (χ0) is 16.4. The van der Waals surface area contributed by atoms with Gasteiger partial charge in [-0.3, -0.25) is 9.69 Å². The number of thiazole rings is 1. The van der Waals surface area contributed by atoms with Gasteiger partial charge < -0.3 is 9.32 Å². The molecule has 1 aliphatic heterocycles. The fraction of sp³-hybridized carbons (Fsp3) is 0.294. The molecular formula is C17H18ClN3O2S2. The third-order valence-electron chi connectivity index (χ3n) is 4.08. The van der Waals surface area contributed by atoms with Gasteiger partial charge in [0.15, 0.2) is 5.76 Å². The Bertz CT molecular complexity index is 794. The zero-order valence-electron chi connectivity index (χ0n) is 13.5. The number of hydrogen-bond acceptors (Lipinski definition) is 6. The van der Waals surface area contributed by atoms with Crippen LogP contribution in [0.3, 0.4) is 0 Å². The summed E-state index contributed by atoms with van der Waals surface area (Å²) in [5.41, 5.74) is 1.07. The molecule has 4 heterocycles. The SMILES string of the molecule is Cl.O=C(c1ccco1)N1CCN(Cc2nc(-c3cccs3)cs2)CC1. The van der Waals surface area contributed by atoms with Crippen LogP contribution in [0.15, 0.2) is 45.7 Å². The van der Waals surface area contributed by atoms with Gasteiger partial charge in [-0.05, 0) is 23.6 Å². The number of furan rings is 1. The zero-order valence-corrected chi connectivity index (χ0v) is 15.9. The molecule has 1 fully saturated rings. The summed E-state index contributed by atoms with van der Waals surface area (Å²) in [5, 5.41) is 5.32. The van der Waals surface area contributed by atoms with E-state index in [-0.39, 0.29) is 18.3 Å². The molecule has 4 rings (SSSR count). The van der Waals surface area contributed by atoms with Crippen LogP contribution in [0.1, 0.15) is 15.6 Å². The van der Waals surface area contributed by atoms with Crippen molar-refractivity contribution in [3.63, 3.8) is 0 Å². The molecule has 0 aromatic carbocycles. The third kappa shape index (κ3) is 4.12. The number of thiophene rings is 1. The van der Waals surface area contributed by atoms with E-state index in [1.165, 1.54) is 11.1 Å². The number of amides is 1. The van der Waals surface area contributed by atoms with Crippen molar-refractivity contribution in [1.82, 2.24) is 14.8 Å². The van der Waals surface area contributed by atoms with E-state index in [1.807, 2.05) is 11.0 Å². The second-order valence-electron chi connectivity index (χ2n) is 5.65. The molecule has 3 aromatic rings. The van der Waals surface area contributed by atoms with Crippen LogP contribution < -0.4 is 0 Å². The van der Waals surface area contributed by atoms with Crippen LogP contribution in [0, 0.1) is 0 Å². The minimum absolute atomic E-state index is 0. The van der Waals surface area contributed by atoms with Crippen molar-refractivity contribution in [2.24, 2.45) is 0 Å². The van der Waals surface area contributed by atoms with Crippen LogP contribution in [0.2, 0.25) is 0 Å². The number of nitrogens with zero attached hydrogens (tertiary/aromatic N) is 3. The van der Waals surface area contributed by atoms with Crippen molar-refractivity contribution in [2.75, 3.05) is 26.2 Å². The molecule has 132 valence electrons. The van der Waals surface area contributed by atoms with Gasteiger partial charge in [0.1, 0.15) is 5.01 Å². The van der Waals surface area contributed by atoms with Gasteiger partial charge in [0.05, 0.1) is 23.4 Å². The molecule has 0 saturated carbocycles. The molecule has 3 aromatic heterocycles. The molecule has 0 bridgehead atoms. The maximum atomic E-state index is 12.3. The molecule has 1 aliphatic rings. The van der Waals surface area contributed by atoms with Gasteiger partial charge in [0, 0.05) is 31.6 Å². The first-order valence-corrected chi connectivity index (χ1v) is 9.59. The molecule has 8 heteroatoms. The second-order valence-corrected chi connectivity index (χ2v) is 7.54. The monoisotopic (exact) mass is 395 g/mol. The Kier molecular flexibility index (Phi) is 5.90. The van der Waals surface area contributed by atoms with Crippen molar-refractivity contribution < 1.29 is 9.21 Å². The lowest BCUT2D eigenvalue weighted by Gasteiger charge is -2.33. The molecule has 0 atom stereocenters. The van der Waals surface area contributed by atoms with Crippen molar-refractivity contribution in [3.8, 4) is 10.6 Å². The number of halogens is 1. The van der Waals surface area contributed by atoms with Crippen LogP contribution in [-0.4, -0.2) is 46.9 Å². The summed E-state index contributed by atoms with van der Waals surface area (Å²) < 4.78 is 5.20. The summed E-state index contributed by atoms with van der Waals surface area (Å²) >= 11 is 3.42. The number of hydrogen-bond donors (Lipinski definition) is 0. The van der Waals surface area contributed by atoms with Gasteiger partial charge in [-0.1, -0.05) is 6.07 Å². The Morgan fingerprint density at radius 2 is 2.00 bits per heavy atom. The highest BCUT2D eigenvalue weighted by Gasteiger charge is 2.24. The lowest BCUT2D eigenvalue weighted by atomic mass is 10.3. The van der Waals surface area contributed by atoms with Crippen molar-refractivity contribution in [3.05, 3.63) is 52.1 Å². The largest absolute Gasteiger partial charge is 0.459 e. The summed E-state index contributed by atoms with van der Waals surface area (Å²) in [5.74, 6) is 0.401. The van der Waals surface area contributed by atoms with Gasteiger partial charge in [0.2, 0.25) is 0 Å². The Hall–Kier alpha value is -1.67. The average Bonchev–Trinajstić information content (AvgIpc) is 3.36. The average molecular weight is 396 g/mol. The van der Waals surface area contributed by atoms with E-state index in [2.05, 4.69) is 21.7 Å². The van der Waals surface area contributed by atoms with Crippen LogP contribution in [0.5, 0.6) is 0 Å². The Morgan fingerprint density at radius 1 is 1.16 bits per heavy atom. The van der Waals surface area contributed by atoms with E-state index in [9.17, 15) is 4.79 Å². The summed E-state index contributed by atoms with van der Waals surface area (Å²) in [4.78, 5) is 22.4. The first kappa shape index (κ1) is 18.1. The lowest BCUT2D eigenvalue weighted by Crippen LogP contribution is -2.48. The molecular weight excluding hydrogens is 378 g/mol. The predicted molar refractivity (Wildman–Crippen MR) is 103 cm³/mol. The highest BCUT2D eigenvalue weighted by Crippen LogP contribution is 2.26. The highest BCUT2D eigenvalue weighted by atomic mass is 35.5. The molecule has 25 heavy (non-hydrogen) atoms. The van der Waals surface area contributed by atoms with Gasteiger partial charge in [-0.2, -0.15) is 0 Å². The fourth-order valence-electron chi connectivity index (χ4n) is 2.78. The Balaban J connectivity index is 0.00000182. The van der Waals surface area contributed by atoms with Gasteiger partial charge in [-0.25, -0.2) is 4.98 Å².